The monoisotopic (exact) mass is 350 g/mol. The lowest BCUT2D eigenvalue weighted by Gasteiger charge is -2.44. The molecule has 0 aromatic rings. The predicted octanol–water partition coefficient (Wildman–Crippen LogP) is 0.755. The van der Waals surface area contributed by atoms with E-state index in [1.807, 2.05) is 9.80 Å². The zero-order valence-corrected chi connectivity index (χ0v) is 15.8. The van der Waals surface area contributed by atoms with E-state index >= 15 is 0 Å². The van der Waals surface area contributed by atoms with Crippen molar-refractivity contribution in [2.45, 2.75) is 32.6 Å². The van der Waals surface area contributed by atoms with Gasteiger partial charge in [-0.25, -0.2) is 4.79 Å². The standard InChI is InChI=1S/C18H30N4O3/c1-13(23)22-11-14-17(5-6-18(14,12-22)15(24)19-2)7-9-21(10-8-17)16(25)20(3)4/h14H,5-12H2,1-4H3,(H,19,24)/t14-,18+/m1/s1. The number of rotatable bonds is 1. The van der Waals surface area contributed by atoms with Crippen LogP contribution < -0.4 is 5.32 Å². The summed E-state index contributed by atoms with van der Waals surface area (Å²) in [5.41, 5.74) is -0.381. The molecule has 1 aliphatic carbocycles. The number of nitrogens with one attached hydrogen (secondary N) is 1. The lowest BCUT2D eigenvalue weighted by Crippen LogP contribution is -2.50. The van der Waals surface area contributed by atoms with Crippen molar-refractivity contribution in [2.24, 2.45) is 16.7 Å². The maximum absolute atomic E-state index is 12.8. The number of urea groups is 1. The van der Waals surface area contributed by atoms with Gasteiger partial charge < -0.3 is 20.0 Å². The van der Waals surface area contributed by atoms with E-state index in [9.17, 15) is 14.4 Å². The zero-order chi connectivity index (χ0) is 18.4. The summed E-state index contributed by atoms with van der Waals surface area (Å²) in [6, 6.07) is 0.0576. The Morgan fingerprint density at radius 1 is 1.04 bits per heavy atom. The van der Waals surface area contributed by atoms with E-state index in [-0.39, 0.29) is 29.2 Å². The minimum Gasteiger partial charge on any atom is -0.359 e. The first kappa shape index (κ1) is 18.0. The van der Waals surface area contributed by atoms with Crippen molar-refractivity contribution in [3.05, 3.63) is 0 Å². The number of nitrogens with zero attached hydrogens (tertiary/aromatic N) is 3. The van der Waals surface area contributed by atoms with Gasteiger partial charge in [0, 0.05) is 54.2 Å². The van der Waals surface area contributed by atoms with Gasteiger partial charge in [0.1, 0.15) is 0 Å². The molecule has 4 amide bonds. The highest BCUT2D eigenvalue weighted by molar-refractivity contribution is 5.86. The largest absolute Gasteiger partial charge is 0.359 e. The maximum Gasteiger partial charge on any atom is 0.319 e. The fourth-order valence-corrected chi connectivity index (χ4v) is 5.45. The van der Waals surface area contributed by atoms with Crippen molar-refractivity contribution < 1.29 is 14.4 Å². The lowest BCUT2D eigenvalue weighted by atomic mass is 9.65. The van der Waals surface area contributed by atoms with Crippen molar-refractivity contribution >= 4 is 17.8 Å². The molecule has 2 heterocycles. The van der Waals surface area contributed by atoms with Gasteiger partial charge in [0.05, 0.1) is 5.41 Å². The number of hydrogen-bond donors (Lipinski definition) is 1. The molecule has 0 aromatic carbocycles. The average molecular weight is 350 g/mol. The van der Waals surface area contributed by atoms with Gasteiger partial charge in [-0.3, -0.25) is 9.59 Å². The summed E-state index contributed by atoms with van der Waals surface area (Å²) in [6.07, 6.45) is 3.69. The molecule has 0 unspecified atom stereocenters. The number of likely N-dealkylation sites (tertiary alicyclic amines) is 2. The second-order valence-electron chi connectivity index (χ2n) is 8.21. The molecule has 1 saturated carbocycles. The minimum absolute atomic E-state index is 0.0491. The van der Waals surface area contributed by atoms with Gasteiger partial charge in [-0.2, -0.15) is 0 Å². The molecule has 2 aliphatic heterocycles. The third kappa shape index (κ3) is 2.68. The SMILES string of the molecule is CNC(=O)[C@]12CCC3(CCN(C(=O)N(C)C)CC3)[C@H]1CN(C(C)=O)C2. The molecule has 1 spiro atoms. The first-order chi connectivity index (χ1) is 11.8. The first-order valence-electron chi connectivity index (χ1n) is 9.20. The van der Waals surface area contributed by atoms with Crippen molar-refractivity contribution in [2.75, 3.05) is 47.3 Å². The van der Waals surface area contributed by atoms with Crippen LogP contribution in [0.1, 0.15) is 32.6 Å². The van der Waals surface area contributed by atoms with E-state index in [4.69, 9.17) is 0 Å². The average Bonchev–Trinajstić information content (AvgIpc) is 3.12. The van der Waals surface area contributed by atoms with Crippen molar-refractivity contribution in [1.82, 2.24) is 20.0 Å². The molecule has 1 N–H and O–H groups in total. The Kier molecular flexibility index (Phi) is 4.45. The Hall–Kier alpha value is -1.79. The first-order valence-corrected chi connectivity index (χ1v) is 9.20. The summed E-state index contributed by atoms with van der Waals surface area (Å²) in [5.74, 6) is 0.318. The van der Waals surface area contributed by atoms with E-state index < -0.39 is 5.41 Å². The number of piperidine rings is 1. The Morgan fingerprint density at radius 3 is 2.20 bits per heavy atom. The molecule has 2 atom stereocenters. The maximum atomic E-state index is 12.8. The van der Waals surface area contributed by atoms with Crippen LogP contribution in [0.3, 0.4) is 0 Å². The molecule has 0 bridgehead atoms. The van der Waals surface area contributed by atoms with Gasteiger partial charge in [-0.05, 0) is 37.0 Å². The number of hydrogen-bond acceptors (Lipinski definition) is 3. The molecule has 7 heteroatoms. The van der Waals surface area contributed by atoms with Gasteiger partial charge in [-0.15, -0.1) is 0 Å². The molecule has 25 heavy (non-hydrogen) atoms. The highest BCUT2D eigenvalue weighted by Gasteiger charge is 2.64. The summed E-state index contributed by atoms with van der Waals surface area (Å²) in [5, 5.41) is 2.84. The van der Waals surface area contributed by atoms with Crippen LogP contribution in [-0.2, 0) is 9.59 Å². The van der Waals surface area contributed by atoms with Gasteiger partial charge >= 0.3 is 6.03 Å². The molecule has 0 radical (unpaired) electrons. The van der Waals surface area contributed by atoms with Crippen LogP contribution in [0, 0.1) is 16.7 Å². The van der Waals surface area contributed by atoms with E-state index in [0.717, 1.165) is 38.8 Å². The Balaban J connectivity index is 1.82. The van der Waals surface area contributed by atoms with Crippen LogP contribution in [0.5, 0.6) is 0 Å². The third-order valence-corrected chi connectivity index (χ3v) is 6.89. The summed E-state index contributed by atoms with van der Waals surface area (Å²) < 4.78 is 0. The summed E-state index contributed by atoms with van der Waals surface area (Å²) >= 11 is 0. The van der Waals surface area contributed by atoms with E-state index in [0.29, 0.717) is 13.1 Å². The van der Waals surface area contributed by atoms with Gasteiger partial charge in [0.25, 0.3) is 0 Å². The van der Waals surface area contributed by atoms with E-state index in [1.165, 1.54) is 0 Å². The fraction of sp³-hybridized carbons (Fsp3) is 0.833. The summed E-state index contributed by atoms with van der Waals surface area (Å²) in [7, 11) is 5.25. The Labute approximate surface area is 149 Å². The predicted molar refractivity (Wildman–Crippen MR) is 93.8 cm³/mol. The highest BCUT2D eigenvalue weighted by atomic mass is 16.2. The van der Waals surface area contributed by atoms with Crippen LogP contribution >= 0.6 is 0 Å². The van der Waals surface area contributed by atoms with Crippen LogP contribution in [0.15, 0.2) is 0 Å². The smallest absolute Gasteiger partial charge is 0.319 e. The Morgan fingerprint density at radius 2 is 1.68 bits per heavy atom. The number of fused-ring (bicyclic) bond motifs is 2. The normalized spacial score (nSPS) is 30.3. The van der Waals surface area contributed by atoms with Crippen molar-refractivity contribution in [3.8, 4) is 0 Å². The van der Waals surface area contributed by atoms with Crippen LogP contribution in [0.4, 0.5) is 4.79 Å². The van der Waals surface area contributed by atoms with Crippen molar-refractivity contribution in [3.63, 3.8) is 0 Å². The summed E-state index contributed by atoms with van der Waals surface area (Å²) in [6.45, 7) is 4.26. The number of carbonyl (C=O) groups is 3. The molecule has 7 nitrogen and oxygen atoms in total. The van der Waals surface area contributed by atoms with Crippen LogP contribution in [0.2, 0.25) is 0 Å². The van der Waals surface area contributed by atoms with Gasteiger partial charge in [0.2, 0.25) is 11.8 Å². The highest BCUT2D eigenvalue weighted by Crippen LogP contribution is 2.62. The second-order valence-corrected chi connectivity index (χ2v) is 8.21. The molecule has 3 fully saturated rings. The minimum atomic E-state index is -0.450. The fourth-order valence-electron chi connectivity index (χ4n) is 5.45. The topological polar surface area (TPSA) is 73.0 Å². The summed E-state index contributed by atoms with van der Waals surface area (Å²) in [4.78, 5) is 42.3. The molecular formula is C18H30N4O3. The zero-order valence-electron chi connectivity index (χ0n) is 15.8. The molecule has 140 valence electrons. The second kappa shape index (κ2) is 6.18. The quantitative estimate of drug-likeness (QED) is 0.759. The molecule has 2 saturated heterocycles. The van der Waals surface area contributed by atoms with Crippen LogP contribution in [0.25, 0.3) is 0 Å². The third-order valence-electron chi connectivity index (χ3n) is 6.89. The van der Waals surface area contributed by atoms with E-state index in [2.05, 4.69) is 5.32 Å². The number of carbonyl (C=O) groups excluding carboxylic acids is 3. The van der Waals surface area contributed by atoms with Crippen LogP contribution in [-0.4, -0.2) is 79.9 Å². The van der Waals surface area contributed by atoms with Crippen molar-refractivity contribution in [1.29, 1.82) is 0 Å². The molecular weight excluding hydrogens is 320 g/mol. The Bertz CT molecular complexity index is 583. The molecule has 0 aromatic heterocycles. The van der Waals surface area contributed by atoms with E-state index in [1.54, 1.807) is 33.0 Å². The van der Waals surface area contributed by atoms with Gasteiger partial charge in [0.15, 0.2) is 0 Å². The molecule has 3 rings (SSSR count). The van der Waals surface area contributed by atoms with Gasteiger partial charge in [-0.1, -0.05) is 0 Å². The number of amides is 4. The lowest BCUT2D eigenvalue weighted by molar-refractivity contribution is -0.133. The molecule has 3 aliphatic rings.